The summed E-state index contributed by atoms with van der Waals surface area (Å²) in [5.74, 6) is 1.88. The van der Waals surface area contributed by atoms with Crippen molar-refractivity contribution in [2.45, 2.75) is 79.2 Å². The van der Waals surface area contributed by atoms with Gasteiger partial charge in [-0.05, 0) is 88.5 Å². The molecule has 1 amide bonds. The van der Waals surface area contributed by atoms with E-state index in [1.54, 1.807) is 0 Å². The summed E-state index contributed by atoms with van der Waals surface area (Å²) in [4.78, 5) is 37.9. The molecule has 6 heteroatoms. The maximum atomic E-state index is 13.0. The Morgan fingerprint density at radius 1 is 1.09 bits per heavy atom. The number of hydrogen-bond acceptors (Lipinski definition) is 4. The Morgan fingerprint density at radius 2 is 1.69 bits per heavy atom. The van der Waals surface area contributed by atoms with Crippen LogP contribution < -0.4 is 5.32 Å². The van der Waals surface area contributed by atoms with Crippen LogP contribution in [0.3, 0.4) is 0 Å². The van der Waals surface area contributed by atoms with Crippen LogP contribution >= 0.6 is 0 Å². The van der Waals surface area contributed by atoms with Gasteiger partial charge in [0.2, 0.25) is 11.7 Å². The van der Waals surface area contributed by atoms with Gasteiger partial charge >= 0.3 is 5.97 Å². The SMILES string of the molecule is Cc1cc(C(=O)COC(=O)CNC(=O)C23CC4CC(CC(C4)C2)C3)c(C)n1CCC(C)C. The number of carbonyl (C=O) groups is 3. The molecule has 4 aliphatic carbocycles. The Balaban J connectivity index is 1.26. The summed E-state index contributed by atoms with van der Waals surface area (Å²) >= 11 is 0. The quantitative estimate of drug-likeness (QED) is 0.459. The normalized spacial score (nSPS) is 28.2. The second-order valence-electron chi connectivity index (χ2n) is 11.1. The summed E-state index contributed by atoms with van der Waals surface area (Å²) in [5, 5.41) is 2.83. The van der Waals surface area contributed by atoms with Gasteiger partial charge in [-0.2, -0.15) is 0 Å². The van der Waals surface area contributed by atoms with E-state index in [0.29, 0.717) is 29.2 Å². The van der Waals surface area contributed by atoms with Crippen molar-refractivity contribution in [2.24, 2.45) is 29.1 Å². The zero-order valence-electron chi connectivity index (χ0n) is 20.0. The van der Waals surface area contributed by atoms with E-state index in [4.69, 9.17) is 4.74 Å². The molecule has 1 N–H and O–H groups in total. The molecule has 1 heterocycles. The van der Waals surface area contributed by atoms with E-state index in [1.807, 2.05) is 19.9 Å². The van der Waals surface area contributed by atoms with E-state index in [2.05, 4.69) is 23.7 Å². The van der Waals surface area contributed by atoms with Gasteiger partial charge in [0.1, 0.15) is 6.54 Å². The number of aromatic nitrogens is 1. The van der Waals surface area contributed by atoms with Crippen LogP contribution in [0.1, 0.15) is 80.5 Å². The van der Waals surface area contributed by atoms with Crippen molar-refractivity contribution in [3.63, 3.8) is 0 Å². The van der Waals surface area contributed by atoms with Gasteiger partial charge in [0.05, 0.1) is 0 Å². The lowest BCUT2D eigenvalue weighted by Crippen LogP contribution is -2.54. The second-order valence-corrected chi connectivity index (χ2v) is 11.1. The largest absolute Gasteiger partial charge is 0.456 e. The number of esters is 1. The number of amides is 1. The average molecular weight is 443 g/mol. The standard InChI is InChI=1S/C26H38N2O4/c1-16(2)5-6-28-17(3)7-22(18(28)4)23(29)15-32-24(30)14-27-25(31)26-11-19-8-20(12-26)10-21(9-19)13-26/h7,16,19-21H,5-6,8-15H2,1-4H3,(H,27,31). The van der Waals surface area contributed by atoms with Crippen LogP contribution in [-0.4, -0.2) is 35.4 Å². The highest BCUT2D eigenvalue weighted by molar-refractivity contribution is 5.99. The van der Waals surface area contributed by atoms with Crippen LogP contribution in [-0.2, 0) is 20.9 Å². The van der Waals surface area contributed by atoms with Gasteiger partial charge in [0.25, 0.3) is 0 Å². The van der Waals surface area contributed by atoms with Crippen molar-refractivity contribution in [3.8, 4) is 0 Å². The van der Waals surface area contributed by atoms with Crippen LogP contribution in [0.25, 0.3) is 0 Å². The van der Waals surface area contributed by atoms with Gasteiger partial charge in [-0.3, -0.25) is 14.4 Å². The maximum absolute atomic E-state index is 13.0. The molecule has 1 aromatic rings. The number of nitrogens with one attached hydrogen (secondary N) is 1. The molecule has 4 aliphatic rings. The second kappa shape index (κ2) is 9.03. The van der Waals surface area contributed by atoms with Crippen molar-refractivity contribution >= 4 is 17.7 Å². The molecule has 176 valence electrons. The van der Waals surface area contributed by atoms with Crippen molar-refractivity contribution in [1.82, 2.24) is 9.88 Å². The highest BCUT2D eigenvalue weighted by Gasteiger charge is 2.54. The van der Waals surface area contributed by atoms with Gasteiger partial charge in [-0.15, -0.1) is 0 Å². The molecule has 4 bridgehead atoms. The fraction of sp³-hybridized carbons (Fsp3) is 0.731. The van der Waals surface area contributed by atoms with Crippen molar-refractivity contribution in [3.05, 3.63) is 23.0 Å². The third kappa shape index (κ3) is 4.65. The van der Waals surface area contributed by atoms with E-state index < -0.39 is 5.97 Å². The fourth-order valence-electron chi connectivity index (χ4n) is 6.82. The van der Waals surface area contributed by atoms with E-state index in [1.165, 1.54) is 19.3 Å². The number of carbonyl (C=O) groups excluding carboxylic acids is 3. The summed E-state index contributed by atoms with van der Waals surface area (Å²) in [7, 11) is 0. The number of hydrogen-bond donors (Lipinski definition) is 1. The summed E-state index contributed by atoms with van der Waals surface area (Å²) in [6.07, 6.45) is 7.75. The zero-order chi connectivity index (χ0) is 23.0. The minimum absolute atomic E-state index is 0.00794. The number of ether oxygens (including phenoxy) is 1. The number of ketones is 1. The minimum atomic E-state index is -0.551. The smallest absolute Gasteiger partial charge is 0.325 e. The van der Waals surface area contributed by atoms with E-state index in [-0.39, 0.29) is 30.3 Å². The molecule has 0 radical (unpaired) electrons. The molecule has 0 atom stereocenters. The van der Waals surface area contributed by atoms with E-state index >= 15 is 0 Å². The van der Waals surface area contributed by atoms with Crippen LogP contribution in [0.5, 0.6) is 0 Å². The number of nitrogens with zero attached hydrogens (tertiary/aromatic N) is 1. The molecule has 1 aromatic heterocycles. The third-order valence-electron chi connectivity index (χ3n) is 8.08. The van der Waals surface area contributed by atoms with E-state index in [9.17, 15) is 14.4 Å². The van der Waals surface area contributed by atoms with Gasteiger partial charge < -0.3 is 14.6 Å². The molecule has 0 aliphatic heterocycles. The molecule has 6 nitrogen and oxygen atoms in total. The molecular weight excluding hydrogens is 404 g/mol. The summed E-state index contributed by atoms with van der Waals surface area (Å²) in [6, 6.07) is 1.88. The first-order valence-corrected chi connectivity index (χ1v) is 12.3. The molecule has 0 saturated heterocycles. The molecule has 0 unspecified atom stereocenters. The van der Waals surface area contributed by atoms with Gasteiger partial charge in [-0.1, -0.05) is 13.8 Å². The van der Waals surface area contributed by atoms with Crippen LogP contribution in [0.2, 0.25) is 0 Å². The Bertz CT molecular complexity index is 863. The minimum Gasteiger partial charge on any atom is -0.456 e. The third-order valence-corrected chi connectivity index (χ3v) is 8.08. The first-order valence-electron chi connectivity index (χ1n) is 12.3. The fourth-order valence-corrected chi connectivity index (χ4v) is 6.82. The highest BCUT2D eigenvalue weighted by atomic mass is 16.5. The molecule has 0 aromatic carbocycles. The highest BCUT2D eigenvalue weighted by Crippen LogP contribution is 2.60. The lowest BCUT2D eigenvalue weighted by Gasteiger charge is -2.55. The molecule has 5 rings (SSSR count). The van der Waals surface area contributed by atoms with Crippen LogP contribution in [0.4, 0.5) is 0 Å². The number of Topliss-reactive ketones (excluding diaryl/α,β-unsaturated/α-hetero) is 1. The first-order chi connectivity index (χ1) is 15.2. The Morgan fingerprint density at radius 3 is 2.25 bits per heavy atom. The molecule has 0 spiro atoms. The topological polar surface area (TPSA) is 77.4 Å². The van der Waals surface area contributed by atoms with Gasteiger partial charge in [0, 0.05) is 28.9 Å². The molecule has 4 fully saturated rings. The predicted octanol–water partition coefficient (Wildman–Crippen LogP) is 4.21. The predicted molar refractivity (Wildman–Crippen MR) is 122 cm³/mol. The van der Waals surface area contributed by atoms with Crippen LogP contribution in [0.15, 0.2) is 6.07 Å². The number of aryl methyl sites for hydroxylation is 1. The summed E-state index contributed by atoms with van der Waals surface area (Å²) in [6.45, 7) is 8.72. The van der Waals surface area contributed by atoms with Crippen LogP contribution in [0, 0.1) is 42.9 Å². The number of rotatable bonds is 9. The zero-order valence-corrected chi connectivity index (χ0v) is 20.0. The molecule has 32 heavy (non-hydrogen) atoms. The van der Waals surface area contributed by atoms with Crippen molar-refractivity contribution < 1.29 is 19.1 Å². The van der Waals surface area contributed by atoms with E-state index in [0.717, 1.165) is 43.6 Å². The Kier molecular flexibility index (Phi) is 6.51. The Hall–Kier alpha value is -2.11. The van der Waals surface area contributed by atoms with Gasteiger partial charge in [0.15, 0.2) is 6.61 Å². The molecule has 4 saturated carbocycles. The monoisotopic (exact) mass is 442 g/mol. The van der Waals surface area contributed by atoms with Crippen molar-refractivity contribution in [2.75, 3.05) is 13.2 Å². The average Bonchev–Trinajstić information content (AvgIpc) is 3.01. The summed E-state index contributed by atoms with van der Waals surface area (Å²) < 4.78 is 7.37. The lowest BCUT2D eigenvalue weighted by molar-refractivity contribution is -0.150. The first kappa shape index (κ1) is 23.1. The molecular formula is C26H38N2O4. The lowest BCUT2D eigenvalue weighted by atomic mass is 9.49. The Labute approximate surface area is 191 Å². The maximum Gasteiger partial charge on any atom is 0.325 e. The summed E-state index contributed by atoms with van der Waals surface area (Å²) in [5.41, 5.74) is 2.29. The van der Waals surface area contributed by atoms with Crippen molar-refractivity contribution in [1.29, 1.82) is 0 Å². The van der Waals surface area contributed by atoms with Gasteiger partial charge in [-0.25, -0.2) is 0 Å².